The minimum Gasteiger partial charge on any atom is -0.480 e. The number of alkyl carbamates (subject to hydrolysis) is 1. The van der Waals surface area contributed by atoms with Gasteiger partial charge >= 0.3 is 12.1 Å². The van der Waals surface area contributed by atoms with Gasteiger partial charge in [-0.1, -0.05) is 58.0 Å². The van der Waals surface area contributed by atoms with E-state index in [9.17, 15) is 24.3 Å². The molecule has 3 atom stereocenters. The minimum atomic E-state index is -1.12. The van der Waals surface area contributed by atoms with Gasteiger partial charge in [0.2, 0.25) is 11.8 Å². The van der Waals surface area contributed by atoms with Crippen molar-refractivity contribution in [3.05, 3.63) is 35.9 Å². The van der Waals surface area contributed by atoms with Crippen LogP contribution in [0.25, 0.3) is 0 Å². The van der Waals surface area contributed by atoms with Crippen molar-refractivity contribution in [2.45, 2.75) is 91.5 Å². The van der Waals surface area contributed by atoms with Crippen molar-refractivity contribution >= 4 is 23.9 Å². The van der Waals surface area contributed by atoms with Crippen molar-refractivity contribution in [3.63, 3.8) is 0 Å². The van der Waals surface area contributed by atoms with E-state index in [2.05, 4.69) is 10.6 Å². The minimum absolute atomic E-state index is 0.0516. The SMILES string of the molecule is CC(C)C[C@H](NC(=O)[C@H](CC(C)C)N(C)C(=O)[C@H](Cc1ccccc1)NC(=O)OC(C)(C)C)C(=O)O. The predicted octanol–water partition coefficient (Wildman–Crippen LogP) is 3.61. The van der Waals surface area contributed by atoms with Crippen LogP contribution in [-0.2, 0) is 25.5 Å². The third-order valence-corrected chi connectivity index (χ3v) is 5.41. The van der Waals surface area contributed by atoms with Gasteiger partial charge in [0.15, 0.2) is 0 Å². The van der Waals surface area contributed by atoms with Gasteiger partial charge in [-0.05, 0) is 51.0 Å². The standard InChI is InChI=1S/C27H43N3O6/c1-17(2)14-21(25(33)34)28-23(31)22(15-18(3)4)30(8)24(32)20(16-19-12-10-9-11-13-19)29-26(35)36-27(5,6)7/h9-13,17-18,20-22H,14-16H2,1-8H3,(H,28,31)(H,29,35)(H,33,34)/t20-,21-,22-/m0/s1. The molecule has 0 aliphatic carbocycles. The molecule has 36 heavy (non-hydrogen) atoms. The van der Waals surface area contributed by atoms with Crippen LogP contribution in [0, 0.1) is 11.8 Å². The molecule has 202 valence electrons. The lowest BCUT2D eigenvalue weighted by Crippen LogP contribution is -2.57. The molecule has 0 saturated carbocycles. The highest BCUT2D eigenvalue weighted by Crippen LogP contribution is 2.16. The number of nitrogens with zero attached hydrogens (tertiary/aromatic N) is 1. The third-order valence-electron chi connectivity index (χ3n) is 5.41. The Bertz CT molecular complexity index is 879. The van der Waals surface area contributed by atoms with Gasteiger partial charge in [0.1, 0.15) is 23.7 Å². The second kappa shape index (κ2) is 13.8. The fraction of sp³-hybridized carbons (Fsp3) is 0.630. The number of benzene rings is 1. The molecule has 3 N–H and O–H groups in total. The number of aliphatic carboxylic acids is 1. The first kappa shape index (κ1) is 30.9. The maximum atomic E-state index is 13.6. The Morgan fingerprint density at radius 1 is 0.917 bits per heavy atom. The summed E-state index contributed by atoms with van der Waals surface area (Å²) in [5, 5.41) is 14.8. The van der Waals surface area contributed by atoms with E-state index in [1.165, 1.54) is 11.9 Å². The monoisotopic (exact) mass is 505 g/mol. The zero-order valence-corrected chi connectivity index (χ0v) is 22.8. The molecule has 0 fully saturated rings. The van der Waals surface area contributed by atoms with Crippen molar-refractivity contribution in [2.75, 3.05) is 7.05 Å². The largest absolute Gasteiger partial charge is 0.480 e. The zero-order valence-electron chi connectivity index (χ0n) is 22.8. The summed E-state index contributed by atoms with van der Waals surface area (Å²) in [6.45, 7) is 12.8. The van der Waals surface area contributed by atoms with Crippen LogP contribution in [0.15, 0.2) is 30.3 Å². The molecule has 0 aromatic heterocycles. The van der Waals surface area contributed by atoms with E-state index in [-0.39, 0.29) is 24.7 Å². The van der Waals surface area contributed by atoms with Crippen molar-refractivity contribution < 1.29 is 29.0 Å². The van der Waals surface area contributed by atoms with Crippen LogP contribution in [0.5, 0.6) is 0 Å². The molecule has 0 heterocycles. The van der Waals surface area contributed by atoms with Gasteiger partial charge in [0.05, 0.1) is 0 Å². The van der Waals surface area contributed by atoms with Gasteiger partial charge in [-0.25, -0.2) is 9.59 Å². The Balaban J connectivity index is 3.21. The molecule has 0 radical (unpaired) electrons. The molecule has 0 aliphatic rings. The number of nitrogens with one attached hydrogen (secondary N) is 2. The van der Waals surface area contributed by atoms with Crippen molar-refractivity contribution in [3.8, 4) is 0 Å². The van der Waals surface area contributed by atoms with Gasteiger partial charge < -0.3 is 25.4 Å². The topological polar surface area (TPSA) is 125 Å². The Morgan fingerprint density at radius 2 is 1.47 bits per heavy atom. The molecule has 1 aromatic carbocycles. The van der Waals surface area contributed by atoms with Crippen molar-refractivity contribution in [2.24, 2.45) is 11.8 Å². The first-order valence-corrected chi connectivity index (χ1v) is 12.4. The molecule has 0 saturated heterocycles. The number of hydrogen-bond donors (Lipinski definition) is 3. The summed E-state index contributed by atoms with van der Waals surface area (Å²) in [7, 11) is 1.50. The lowest BCUT2D eigenvalue weighted by atomic mass is 9.98. The second-order valence-corrected chi connectivity index (χ2v) is 11.0. The van der Waals surface area contributed by atoms with Gasteiger partial charge in [0, 0.05) is 13.5 Å². The number of likely N-dealkylation sites (N-methyl/N-ethyl adjacent to an activating group) is 1. The van der Waals surface area contributed by atoms with Crippen LogP contribution in [0.4, 0.5) is 4.79 Å². The van der Waals surface area contributed by atoms with E-state index in [4.69, 9.17) is 4.74 Å². The number of carbonyl (C=O) groups is 4. The van der Waals surface area contributed by atoms with Crippen LogP contribution in [0.2, 0.25) is 0 Å². The number of carbonyl (C=O) groups excluding carboxylic acids is 3. The summed E-state index contributed by atoms with van der Waals surface area (Å²) in [6.07, 6.45) is 0.0545. The number of carboxylic acids is 1. The van der Waals surface area contributed by atoms with E-state index in [0.29, 0.717) is 6.42 Å². The van der Waals surface area contributed by atoms with Crippen LogP contribution in [0.1, 0.15) is 66.9 Å². The summed E-state index contributed by atoms with van der Waals surface area (Å²) in [4.78, 5) is 52.4. The second-order valence-electron chi connectivity index (χ2n) is 11.0. The molecule has 1 aromatic rings. The average Bonchev–Trinajstić information content (AvgIpc) is 2.74. The highest BCUT2D eigenvalue weighted by molar-refractivity contribution is 5.93. The number of hydrogen-bond acceptors (Lipinski definition) is 5. The van der Waals surface area contributed by atoms with Gasteiger partial charge in [0.25, 0.3) is 0 Å². The summed E-state index contributed by atoms with van der Waals surface area (Å²) >= 11 is 0. The quantitative estimate of drug-likeness (QED) is 0.399. The fourth-order valence-electron chi connectivity index (χ4n) is 3.75. The average molecular weight is 506 g/mol. The summed E-state index contributed by atoms with van der Waals surface area (Å²) < 4.78 is 5.36. The smallest absolute Gasteiger partial charge is 0.408 e. The number of ether oxygens (including phenoxy) is 1. The molecule has 0 bridgehead atoms. The molecule has 3 amide bonds. The Labute approximate surface area is 215 Å². The van der Waals surface area contributed by atoms with E-state index >= 15 is 0 Å². The number of amides is 3. The highest BCUT2D eigenvalue weighted by atomic mass is 16.6. The normalized spacial score (nSPS) is 14.1. The van der Waals surface area contributed by atoms with Crippen LogP contribution >= 0.6 is 0 Å². The summed E-state index contributed by atoms with van der Waals surface area (Å²) in [5.41, 5.74) is 0.0756. The predicted molar refractivity (Wildman–Crippen MR) is 138 cm³/mol. The number of carboxylic acid groups (broad SMARTS) is 1. The lowest BCUT2D eigenvalue weighted by molar-refractivity contribution is -0.145. The van der Waals surface area contributed by atoms with E-state index in [0.717, 1.165) is 5.56 Å². The van der Waals surface area contributed by atoms with Crippen molar-refractivity contribution in [1.82, 2.24) is 15.5 Å². The molecule has 1 rings (SSSR count). The van der Waals surface area contributed by atoms with Crippen LogP contribution in [0.3, 0.4) is 0 Å². The third kappa shape index (κ3) is 11.1. The molecule has 0 unspecified atom stereocenters. The lowest BCUT2D eigenvalue weighted by Gasteiger charge is -2.33. The molecule has 9 nitrogen and oxygen atoms in total. The van der Waals surface area contributed by atoms with Crippen LogP contribution in [-0.4, -0.2) is 64.7 Å². The van der Waals surface area contributed by atoms with Gasteiger partial charge in [-0.15, -0.1) is 0 Å². The number of rotatable bonds is 12. The zero-order chi connectivity index (χ0) is 27.6. The Morgan fingerprint density at radius 3 is 1.94 bits per heavy atom. The van der Waals surface area contributed by atoms with Gasteiger partial charge in [-0.3, -0.25) is 9.59 Å². The fourth-order valence-corrected chi connectivity index (χ4v) is 3.75. The summed E-state index contributed by atoms with van der Waals surface area (Å²) in [5.74, 6) is -2.02. The van der Waals surface area contributed by atoms with E-state index < -0.39 is 47.6 Å². The van der Waals surface area contributed by atoms with E-state index in [1.807, 2.05) is 58.0 Å². The molecule has 9 heteroatoms. The van der Waals surface area contributed by atoms with Crippen LogP contribution < -0.4 is 10.6 Å². The molecular weight excluding hydrogens is 462 g/mol. The van der Waals surface area contributed by atoms with E-state index in [1.54, 1.807) is 20.8 Å². The summed E-state index contributed by atoms with van der Waals surface area (Å²) in [6, 6.07) is 6.26. The van der Waals surface area contributed by atoms with Gasteiger partial charge in [-0.2, -0.15) is 0 Å². The molecule has 0 aliphatic heterocycles. The molecule has 0 spiro atoms. The maximum absolute atomic E-state index is 13.6. The highest BCUT2D eigenvalue weighted by Gasteiger charge is 2.35. The first-order valence-electron chi connectivity index (χ1n) is 12.4. The maximum Gasteiger partial charge on any atom is 0.408 e. The Kier molecular flexibility index (Phi) is 11.9. The Hall–Kier alpha value is -3.10. The van der Waals surface area contributed by atoms with Crippen molar-refractivity contribution in [1.29, 1.82) is 0 Å². The molecular formula is C27H43N3O6. The first-order chi connectivity index (χ1) is 16.6.